The van der Waals surface area contributed by atoms with E-state index in [1.165, 1.54) is 0 Å². The summed E-state index contributed by atoms with van der Waals surface area (Å²) in [5, 5.41) is 8.79. The minimum atomic E-state index is -0.889. The monoisotopic (exact) mass is 256 g/mol. The van der Waals surface area contributed by atoms with Crippen LogP contribution in [-0.4, -0.2) is 52.6 Å². The standard InChI is InChI=1S/C13H24N2O3/c1-5-8-14(9-6-2)13(18)15(7-3)11(4)10-12(16)17/h5,11H,1,6-10H2,2-4H3,(H,16,17). The number of aliphatic carboxylic acids is 1. The second-order valence-electron chi connectivity index (χ2n) is 4.25. The Labute approximate surface area is 109 Å². The number of carbonyl (C=O) groups excluding carboxylic acids is 1. The Bertz CT molecular complexity index is 292. The highest BCUT2D eigenvalue weighted by atomic mass is 16.4. The summed E-state index contributed by atoms with van der Waals surface area (Å²) in [4.78, 5) is 26.3. The number of rotatable bonds is 8. The fourth-order valence-corrected chi connectivity index (χ4v) is 1.87. The van der Waals surface area contributed by atoms with Gasteiger partial charge in [0.1, 0.15) is 0 Å². The van der Waals surface area contributed by atoms with Gasteiger partial charge in [-0.05, 0) is 20.3 Å². The lowest BCUT2D eigenvalue weighted by Crippen LogP contribution is -2.48. The maximum atomic E-state index is 12.3. The summed E-state index contributed by atoms with van der Waals surface area (Å²) in [6.07, 6.45) is 2.52. The lowest BCUT2D eigenvalue weighted by atomic mass is 10.2. The van der Waals surface area contributed by atoms with Gasteiger partial charge in [-0.3, -0.25) is 4.79 Å². The molecule has 0 radical (unpaired) electrons. The van der Waals surface area contributed by atoms with Crippen molar-refractivity contribution in [3.63, 3.8) is 0 Å². The molecule has 0 aliphatic carbocycles. The average molecular weight is 256 g/mol. The molecular weight excluding hydrogens is 232 g/mol. The van der Waals surface area contributed by atoms with Crippen molar-refractivity contribution in [2.45, 2.75) is 39.7 Å². The van der Waals surface area contributed by atoms with Crippen molar-refractivity contribution in [3.8, 4) is 0 Å². The molecule has 0 saturated heterocycles. The quantitative estimate of drug-likeness (QED) is 0.677. The van der Waals surface area contributed by atoms with Crippen molar-refractivity contribution < 1.29 is 14.7 Å². The number of hydrogen-bond donors (Lipinski definition) is 1. The molecule has 104 valence electrons. The SMILES string of the molecule is C=CCN(CCC)C(=O)N(CC)C(C)CC(=O)O. The highest BCUT2D eigenvalue weighted by Crippen LogP contribution is 2.09. The van der Waals surface area contributed by atoms with Crippen LogP contribution in [0.5, 0.6) is 0 Å². The minimum Gasteiger partial charge on any atom is -0.481 e. The van der Waals surface area contributed by atoms with Gasteiger partial charge in [0.15, 0.2) is 0 Å². The van der Waals surface area contributed by atoms with Gasteiger partial charge in [-0.1, -0.05) is 13.0 Å². The van der Waals surface area contributed by atoms with Gasteiger partial charge in [0.2, 0.25) is 0 Å². The Morgan fingerprint density at radius 3 is 2.39 bits per heavy atom. The van der Waals surface area contributed by atoms with E-state index in [0.717, 1.165) is 6.42 Å². The first-order valence-electron chi connectivity index (χ1n) is 6.36. The zero-order valence-electron chi connectivity index (χ0n) is 11.6. The first-order valence-corrected chi connectivity index (χ1v) is 6.36. The fourth-order valence-electron chi connectivity index (χ4n) is 1.87. The molecule has 0 aliphatic heterocycles. The van der Waals surface area contributed by atoms with Crippen LogP contribution in [0.3, 0.4) is 0 Å². The summed E-state index contributed by atoms with van der Waals surface area (Å²) in [5.74, 6) is -0.889. The van der Waals surface area contributed by atoms with Gasteiger partial charge >= 0.3 is 12.0 Å². The largest absolute Gasteiger partial charge is 0.481 e. The number of carboxylic acid groups (broad SMARTS) is 1. The second kappa shape index (κ2) is 8.55. The number of hydrogen-bond acceptors (Lipinski definition) is 2. The Kier molecular flexibility index (Phi) is 7.83. The van der Waals surface area contributed by atoms with E-state index < -0.39 is 5.97 Å². The number of carbonyl (C=O) groups is 2. The molecule has 0 aromatic carbocycles. The van der Waals surface area contributed by atoms with Crippen molar-refractivity contribution in [1.82, 2.24) is 9.80 Å². The van der Waals surface area contributed by atoms with Crippen molar-refractivity contribution in [2.24, 2.45) is 0 Å². The zero-order valence-corrected chi connectivity index (χ0v) is 11.6. The molecule has 0 bridgehead atoms. The van der Waals surface area contributed by atoms with Gasteiger partial charge in [-0.25, -0.2) is 4.79 Å². The molecule has 18 heavy (non-hydrogen) atoms. The highest BCUT2D eigenvalue weighted by molar-refractivity contribution is 5.76. The number of urea groups is 1. The van der Waals surface area contributed by atoms with Crippen molar-refractivity contribution in [2.75, 3.05) is 19.6 Å². The smallest absolute Gasteiger partial charge is 0.320 e. The third kappa shape index (κ3) is 5.21. The Morgan fingerprint density at radius 1 is 1.39 bits per heavy atom. The molecule has 5 heteroatoms. The van der Waals surface area contributed by atoms with Crippen LogP contribution in [0.1, 0.15) is 33.6 Å². The summed E-state index contributed by atoms with van der Waals surface area (Å²) in [6.45, 7) is 10.9. The van der Waals surface area contributed by atoms with Crippen LogP contribution in [0, 0.1) is 0 Å². The third-order valence-corrected chi connectivity index (χ3v) is 2.70. The fraction of sp³-hybridized carbons (Fsp3) is 0.692. The maximum absolute atomic E-state index is 12.3. The molecule has 1 unspecified atom stereocenters. The van der Waals surface area contributed by atoms with E-state index in [1.807, 2.05) is 13.8 Å². The predicted molar refractivity (Wildman–Crippen MR) is 71.6 cm³/mol. The Hall–Kier alpha value is -1.52. The van der Waals surface area contributed by atoms with Crippen molar-refractivity contribution >= 4 is 12.0 Å². The van der Waals surface area contributed by atoms with E-state index >= 15 is 0 Å². The van der Waals surface area contributed by atoms with Crippen LogP contribution in [0.4, 0.5) is 4.79 Å². The Balaban J connectivity index is 4.73. The van der Waals surface area contributed by atoms with E-state index in [9.17, 15) is 9.59 Å². The molecule has 1 N–H and O–H groups in total. The molecule has 0 aromatic heterocycles. The number of carboxylic acids is 1. The van der Waals surface area contributed by atoms with E-state index in [1.54, 1.807) is 22.8 Å². The van der Waals surface area contributed by atoms with Crippen LogP contribution in [0.2, 0.25) is 0 Å². The predicted octanol–water partition coefficient (Wildman–Crippen LogP) is 2.19. The van der Waals surface area contributed by atoms with Gasteiger partial charge < -0.3 is 14.9 Å². The van der Waals surface area contributed by atoms with E-state index in [-0.39, 0.29) is 18.5 Å². The van der Waals surface area contributed by atoms with Crippen molar-refractivity contribution in [3.05, 3.63) is 12.7 Å². The van der Waals surface area contributed by atoms with Crippen molar-refractivity contribution in [1.29, 1.82) is 0 Å². The van der Waals surface area contributed by atoms with Crippen LogP contribution in [0.25, 0.3) is 0 Å². The molecule has 0 rings (SSSR count). The lowest BCUT2D eigenvalue weighted by Gasteiger charge is -2.32. The molecule has 0 aliphatic rings. The van der Waals surface area contributed by atoms with E-state index in [0.29, 0.717) is 19.6 Å². The van der Waals surface area contributed by atoms with Gasteiger partial charge in [-0.15, -0.1) is 6.58 Å². The van der Waals surface area contributed by atoms with E-state index in [4.69, 9.17) is 5.11 Å². The Morgan fingerprint density at radius 2 is 2.00 bits per heavy atom. The maximum Gasteiger partial charge on any atom is 0.320 e. The van der Waals surface area contributed by atoms with Gasteiger partial charge in [-0.2, -0.15) is 0 Å². The lowest BCUT2D eigenvalue weighted by molar-refractivity contribution is -0.138. The normalized spacial score (nSPS) is 11.7. The molecule has 5 nitrogen and oxygen atoms in total. The highest BCUT2D eigenvalue weighted by Gasteiger charge is 2.24. The molecule has 0 spiro atoms. The minimum absolute atomic E-state index is 0.0341. The second-order valence-corrected chi connectivity index (χ2v) is 4.25. The molecule has 0 heterocycles. The molecular formula is C13H24N2O3. The van der Waals surface area contributed by atoms with Gasteiger partial charge in [0.05, 0.1) is 6.42 Å². The number of amides is 2. The zero-order chi connectivity index (χ0) is 14.1. The topological polar surface area (TPSA) is 60.9 Å². The van der Waals surface area contributed by atoms with Crippen LogP contribution < -0.4 is 0 Å². The van der Waals surface area contributed by atoms with Gasteiger partial charge in [0.25, 0.3) is 0 Å². The molecule has 0 aromatic rings. The van der Waals surface area contributed by atoms with E-state index in [2.05, 4.69) is 6.58 Å². The first kappa shape index (κ1) is 16.5. The van der Waals surface area contributed by atoms with Crippen LogP contribution >= 0.6 is 0 Å². The molecule has 0 fully saturated rings. The van der Waals surface area contributed by atoms with Crippen LogP contribution in [0.15, 0.2) is 12.7 Å². The summed E-state index contributed by atoms with van der Waals surface area (Å²) in [5.41, 5.74) is 0. The first-order chi connectivity index (χ1) is 8.47. The average Bonchev–Trinajstić information content (AvgIpc) is 2.28. The molecule has 1 atom stereocenters. The summed E-state index contributed by atoms with van der Waals surface area (Å²) < 4.78 is 0. The van der Waals surface area contributed by atoms with Gasteiger partial charge in [0, 0.05) is 25.7 Å². The van der Waals surface area contributed by atoms with Crippen LogP contribution in [-0.2, 0) is 4.79 Å². The summed E-state index contributed by atoms with van der Waals surface area (Å²) in [7, 11) is 0. The summed E-state index contributed by atoms with van der Waals surface area (Å²) >= 11 is 0. The molecule has 2 amide bonds. The molecule has 0 saturated carbocycles. The third-order valence-electron chi connectivity index (χ3n) is 2.70. The number of nitrogens with zero attached hydrogens (tertiary/aromatic N) is 2. The summed E-state index contributed by atoms with van der Waals surface area (Å²) in [6, 6.07) is -0.419.